The zero-order chi connectivity index (χ0) is 14.4. The predicted molar refractivity (Wildman–Crippen MR) is 82.4 cm³/mol. The van der Waals surface area contributed by atoms with Gasteiger partial charge in [-0.1, -0.05) is 22.9 Å². The monoisotopic (exact) mass is 336 g/mol. The van der Waals surface area contributed by atoms with Gasteiger partial charge in [0.05, 0.1) is 5.56 Å². The SMILES string of the molecule is Fc1cc(Cl)ccc1-c1nnc2sc(-c3ccsc3)nn12. The van der Waals surface area contributed by atoms with Crippen molar-refractivity contribution in [2.24, 2.45) is 0 Å². The van der Waals surface area contributed by atoms with E-state index in [4.69, 9.17) is 11.6 Å². The number of thiophene rings is 1. The molecular formula is C13H6ClFN4S2. The van der Waals surface area contributed by atoms with Crippen molar-refractivity contribution in [1.29, 1.82) is 0 Å². The third-order valence-electron chi connectivity index (χ3n) is 2.93. The summed E-state index contributed by atoms with van der Waals surface area (Å²) in [7, 11) is 0. The fourth-order valence-electron chi connectivity index (χ4n) is 1.96. The maximum Gasteiger partial charge on any atom is 0.235 e. The molecule has 0 aliphatic carbocycles. The third-order valence-corrected chi connectivity index (χ3v) is 4.80. The summed E-state index contributed by atoms with van der Waals surface area (Å²) < 4.78 is 15.6. The van der Waals surface area contributed by atoms with E-state index in [1.54, 1.807) is 28.0 Å². The van der Waals surface area contributed by atoms with Crippen LogP contribution in [-0.2, 0) is 0 Å². The molecule has 0 amide bonds. The summed E-state index contributed by atoms with van der Waals surface area (Å²) in [5.41, 5.74) is 1.35. The van der Waals surface area contributed by atoms with Crippen LogP contribution >= 0.6 is 34.3 Å². The summed E-state index contributed by atoms with van der Waals surface area (Å²) >= 11 is 8.79. The molecule has 8 heteroatoms. The van der Waals surface area contributed by atoms with Crippen molar-refractivity contribution < 1.29 is 4.39 Å². The average molecular weight is 337 g/mol. The van der Waals surface area contributed by atoms with Crippen LogP contribution in [0.5, 0.6) is 0 Å². The third kappa shape index (κ3) is 2.14. The van der Waals surface area contributed by atoms with Gasteiger partial charge < -0.3 is 0 Å². The normalized spacial score (nSPS) is 11.3. The van der Waals surface area contributed by atoms with Crippen molar-refractivity contribution in [2.45, 2.75) is 0 Å². The van der Waals surface area contributed by atoms with Crippen LogP contribution in [0, 0.1) is 5.82 Å². The number of benzene rings is 1. The van der Waals surface area contributed by atoms with E-state index in [9.17, 15) is 4.39 Å². The first-order valence-electron chi connectivity index (χ1n) is 5.92. The summed E-state index contributed by atoms with van der Waals surface area (Å²) in [5, 5.41) is 17.7. The highest BCUT2D eigenvalue weighted by Gasteiger charge is 2.17. The van der Waals surface area contributed by atoms with Crippen LogP contribution in [0.2, 0.25) is 5.02 Å². The lowest BCUT2D eigenvalue weighted by molar-refractivity contribution is 0.629. The lowest BCUT2D eigenvalue weighted by atomic mass is 10.2. The Labute approximate surface area is 131 Å². The first kappa shape index (κ1) is 12.9. The molecule has 1 aromatic carbocycles. The van der Waals surface area contributed by atoms with E-state index in [0.29, 0.717) is 21.4 Å². The maximum atomic E-state index is 14.0. The molecule has 0 bridgehead atoms. The highest BCUT2D eigenvalue weighted by Crippen LogP contribution is 2.30. The molecule has 0 fully saturated rings. The topological polar surface area (TPSA) is 43.1 Å². The second kappa shape index (κ2) is 4.87. The lowest BCUT2D eigenvalue weighted by Crippen LogP contribution is -1.93. The van der Waals surface area contributed by atoms with Crippen LogP contribution in [0.3, 0.4) is 0 Å². The number of hydrogen-bond acceptors (Lipinski definition) is 5. The summed E-state index contributed by atoms with van der Waals surface area (Å²) in [5.74, 6) is -0.0706. The molecule has 0 unspecified atom stereocenters. The van der Waals surface area contributed by atoms with E-state index in [1.807, 2.05) is 16.8 Å². The van der Waals surface area contributed by atoms with Crippen LogP contribution in [0.25, 0.3) is 26.9 Å². The van der Waals surface area contributed by atoms with Gasteiger partial charge in [-0.15, -0.1) is 10.2 Å². The van der Waals surface area contributed by atoms with Gasteiger partial charge in [0.2, 0.25) is 4.96 Å². The first-order chi connectivity index (χ1) is 10.2. The van der Waals surface area contributed by atoms with Gasteiger partial charge in [-0.25, -0.2) is 4.39 Å². The van der Waals surface area contributed by atoms with Gasteiger partial charge in [0.25, 0.3) is 0 Å². The van der Waals surface area contributed by atoms with Crippen LogP contribution in [0.15, 0.2) is 35.0 Å². The van der Waals surface area contributed by atoms with Crippen molar-refractivity contribution in [3.8, 4) is 22.0 Å². The molecule has 0 aliphatic rings. The van der Waals surface area contributed by atoms with Crippen LogP contribution < -0.4 is 0 Å². The molecule has 0 atom stereocenters. The molecule has 4 nitrogen and oxygen atoms in total. The molecule has 0 saturated carbocycles. The molecule has 0 spiro atoms. The Morgan fingerprint density at radius 1 is 1.19 bits per heavy atom. The Kier molecular flexibility index (Phi) is 2.99. The summed E-state index contributed by atoms with van der Waals surface area (Å²) in [6.07, 6.45) is 0. The summed E-state index contributed by atoms with van der Waals surface area (Å²) in [6.45, 7) is 0. The van der Waals surface area contributed by atoms with E-state index in [0.717, 1.165) is 10.6 Å². The number of nitrogens with zero attached hydrogens (tertiary/aromatic N) is 4. The first-order valence-corrected chi connectivity index (χ1v) is 8.06. The number of aromatic nitrogens is 4. The Balaban J connectivity index is 1.89. The van der Waals surface area contributed by atoms with Crippen molar-refractivity contribution >= 4 is 39.2 Å². The van der Waals surface area contributed by atoms with Gasteiger partial charge in [0, 0.05) is 16.0 Å². The molecule has 104 valence electrons. The van der Waals surface area contributed by atoms with Gasteiger partial charge in [-0.3, -0.25) is 0 Å². The Bertz CT molecular complexity index is 929. The zero-order valence-corrected chi connectivity index (χ0v) is 12.7. The van der Waals surface area contributed by atoms with Gasteiger partial charge in [0.15, 0.2) is 5.82 Å². The molecule has 0 saturated heterocycles. The van der Waals surface area contributed by atoms with Crippen LogP contribution in [0.4, 0.5) is 4.39 Å². The average Bonchev–Trinajstić information content (AvgIpc) is 3.14. The largest absolute Gasteiger partial charge is 0.235 e. The van der Waals surface area contributed by atoms with E-state index in [-0.39, 0.29) is 0 Å². The minimum absolute atomic E-state index is 0.328. The molecule has 0 aliphatic heterocycles. The van der Waals surface area contributed by atoms with Crippen molar-refractivity contribution in [2.75, 3.05) is 0 Å². The number of hydrogen-bond donors (Lipinski definition) is 0. The zero-order valence-electron chi connectivity index (χ0n) is 10.3. The second-order valence-corrected chi connectivity index (χ2v) is 6.43. The smallest absolute Gasteiger partial charge is 0.206 e. The predicted octanol–water partition coefficient (Wildman–Crippen LogP) is 4.37. The molecule has 3 heterocycles. The van der Waals surface area contributed by atoms with Crippen LogP contribution in [0.1, 0.15) is 0 Å². The standard InChI is InChI=1S/C13H6ClFN4S2/c14-8-1-2-9(10(15)5-8)11-16-17-13-19(11)18-12(21-13)7-3-4-20-6-7/h1-6H. The molecule has 3 aromatic heterocycles. The molecule has 0 radical (unpaired) electrons. The molecule has 0 N–H and O–H groups in total. The number of fused-ring (bicyclic) bond motifs is 1. The van der Waals surface area contributed by atoms with Gasteiger partial charge in [0.1, 0.15) is 10.8 Å². The molecular weight excluding hydrogens is 331 g/mol. The minimum atomic E-state index is -0.443. The van der Waals surface area contributed by atoms with Gasteiger partial charge in [-0.05, 0) is 29.6 Å². The second-order valence-electron chi connectivity index (χ2n) is 4.26. The van der Waals surface area contributed by atoms with E-state index >= 15 is 0 Å². The van der Waals surface area contributed by atoms with Crippen molar-refractivity contribution in [3.05, 3.63) is 45.9 Å². The Hall–Kier alpha value is -1.83. The summed E-state index contributed by atoms with van der Waals surface area (Å²) in [6, 6.07) is 6.44. The highest BCUT2D eigenvalue weighted by atomic mass is 35.5. The quantitative estimate of drug-likeness (QED) is 0.546. The summed E-state index contributed by atoms with van der Waals surface area (Å²) in [4.78, 5) is 0.626. The fourth-order valence-corrected chi connectivity index (χ4v) is 3.67. The Morgan fingerprint density at radius 3 is 2.86 bits per heavy atom. The Morgan fingerprint density at radius 2 is 2.10 bits per heavy atom. The fraction of sp³-hybridized carbons (Fsp3) is 0. The molecule has 21 heavy (non-hydrogen) atoms. The lowest BCUT2D eigenvalue weighted by Gasteiger charge is -1.99. The van der Waals surface area contributed by atoms with Crippen molar-refractivity contribution in [1.82, 2.24) is 19.8 Å². The minimum Gasteiger partial charge on any atom is -0.206 e. The van der Waals surface area contributed by atoms with Crippen LogP contribution in [-0.4, -0.2) is 19.8 Å². The maximum absolute atomic E-state index is 14.0. The van der Waals surface area contributed by atoms with E-state index in [1.165, 1.54) is 17.4 Å². The van der Waals surface area contributed by atoms with Gasteiger partial charge in [-0.2, -0.15) is 21.0 Å². The van der Waals surface area contributed by atoms with E-state index < -0.39 is 5.82 Å². The molecule has 4 aromatic rings. The van der Waals surface area contributed by atoms with Gasteiger partial charge >= 0.3 is 0 Å². The highest BCUT2D eigenvalue weighted by molar-refractivity contribution is 7.20. The molecule has 4 rings (SSSR count). The van der Waals surface area contributed by atoms with E-state index in [2.05, 4.69) is 15.3 Å². The number of halogens is 2. The van der Waals surface area contributed by atoms with Crippen molar-refractivity contribution in [3.63, 3.8) is 0 Å². The number of rotatable bonds is 2.